The fraction of sp³-hybridized carbons (Fsp3) is 0.357. The molecular weight excluding hydrogens is 226 g/mol. The summed E-state index contributed by atoms with van der Waals surface area (Å²) < 4.78 is 5.38. The molecule has 0 amide bonds. The van der Waals surface area contributed by atoms with Crippen LogP contribution in [0.4, 0.5) is 0 Å². The van der Waals surface area contributed by atoms with Crippen LogP contribution in [0.15, 0.2) is 36.7 Å². The molecule has 2 rings (SSSR count). The first-order chi connectivity index (χ1) is 8.72. The van der Waals surface area contributed by atoms with Crippen LogP contribution in [-0.2, 0) is 0 Å². The molecule has 2 N–H and O–H groups in total. The van der Waals surface area contributed by atoms with Gasteiger partial charge in [0.15, 0.2) is 0 Å². The molecule has 0 aliphatic carbocycles. The molecule has 18 heavy (non-hydrogen) atoms. The van der Waals surface area contributed by atoms with E-state index < -0.39 is 0 Å². The highest BCUT2D eigenvalue weighted by Gasteiger charge is 2.14. The number of nitrogens with zero attached hydrogens (tertiary/aromatic N) is 1. The molecule has 4 heteroatoms. The van der Waals surface area contributed by atoms with Gasteiger partial charge in [-0.1, -0.05) is 18.2 Å². The van der Waals surface area contributed by atoms with Crippen molar-refractivity contribution in [2.75, 3.05) is 7.11 Å². The van der Waals surface area contributed by atoms with Crippen molar-refractivity contribution < 1.29 is 4.74 Å². The Balaban J connectivity index is 2.09. The highest BCUT2D eigenvalue weighted by molar-refractivity contribution is 5.35. The minimum Gasteiger partial charge on any atom is -0.496 e. The summed E-state index contributed by atoms with van der Waals surface area (Å²) in [6.07, 6.45) is 3.75. The normalized spacial score (nSPS) is 14.2. The lowest BCUT2D eigenvalue weighted by molar-refractivity contribution is 0.396. The van der Waals surface area contributed by atoms with E-state index in [2.05, 4.69) is 35.4 Å². The van der Waals surface area contributed by atoms with Gasteiger partial charge in [-0.05, 0) is 19.9 Å². The number of para-hydroxylation sites is 1. The quantitative estimate of drug-likeness (QED) is 0.851. The maximum atomic E-state index is 5.38. The maximum absolute atomic E-state index is 5.38. The maximum Gasteiger partial charge on any atom is 0.123 e. The van der Waals surface area contributed by atoms with E-state index in [1.807, 2.05) is 30.6 Å². The lowest BCUT2D eigenvalue weighted by Gasteiger charge is -2.21. The van der Waals surface area contributed by atoms with Gasteiger partial charge in [-0.15, -0.1) is 0 Å². The van der Waals surface area contributed by atoms with Crippen molar-refractivity contribution in [3.63, 3.8) is 0 Å². The van der Waals surface area contributed by atoms with Gasteiger partial charge in [-0.3, -0.25) is 5.10 Å². The molecule has 0 bridgehead atoms. The molecule has 0 radical (unpaired) electrons. The van der Waals surface area contributed by atoms with Crippen LogP contribution >= 0.6 is 0 Å². The molecule has 1 aromatic heterocycles. The molecule has 1 aromatic carbocycles. The van der Waals surface area contributed by atoms with E-state index in [-0.39, 0.29) is 12.1 Å². The molecule has 2 atom stereocenters. The van der Waals surface area contributed by atoms with Crippen LogP contribution < -0.4 is 10.1 Å². The summed E-state index contributed by atoms with van der Waals surface area (Å²) in [6, 6.07) is 8.52. The standard InChI is InChI=1S/C14H19N3O/c1-10(12-8-15-16-9-12)17-11(2)13-6-4-5-7-14(13)18-3/h4-11,17H,1-3H3,(H,15,16). The molecule has 0 saturated carbocycles. The second kappa shape index (κ2) is 5.69. The van der Waals surface area contributed by atoms with Gasteiger partial charge in [-0.25, -0.2) is 0 Å². The van der Waals surface area contributed by atoms with Crippen molar-refractivity contribution >= 4 is 0 Å². The first-order valence-electron chi connectivity index (χ1n) is 6.10. The summed E-state index contributed by atoms with van der Waals surface area (Å²) >= 11 is 0. The van der Waals surface area contributed by atoms with Gasteiger partial charge < -0.3 is 10.1 Å². The number of hydrogen-bond donors (Lipinski definition) is 2. The molecule has 2 unspecified atom stereocenters. The lowest BCUT2D eigenvalue weighted by Crippen LogP contribution is -2.22. The third kappa shape index (κ3) is 2.71. The number of hydrogen-bond acceptors (Lipinski definition) is 3. The van der Waals surface area contributed by atoms with E-state index in [0.29, 0.717) is 0 Å². The van der Waals surface area contributed by atoms with E-state index >= 15 is 0 Å². The van der Waals surface area contributed by atoms with E-state index in [9.17, 15) is 0 Å². The highest BCUT2D eigenvalue weighted by atomic mass is 16.5. The predicted octanol–water partition coefficient (Wildman–Crippen LogP) is 2.83. The van der Waals surface area contributed by atoms with Gasteiger partial charge in [0.05, 0.1) is 13.3 Å². The molecular formula is C14H19N3O. The largest absolute Gasteiger partial charge is 0.496 e. The van der Waals surface area contributed by atoms with Gasteiger partial charge in [0, 0.05) is 29.4 Å². The van der Waals surface area contributed by atoms with Crippen molar-refractivity contribution in [1.82, 2.24) is 15.5 Å². The smallest absolute Gasteiger partial charge is 0.123 e. The van der Waals surface area contributed by atoms with Crippen molar-refractivity contribution in [3.05, 3.63) is 47.8 Å². The SMILES string of the molecule is COc1ccccc1C(C)NC(C)c1cn[nH]c1. The summed E-state index contributed by atoms with van der Waals surface area (Å²) in [5.41, 5.74) is 2.31. The molecule has 2 aromatic rings. The number of methoxy groups -OCH3 is 1. The lowest BCUT2D eigenvalue weighted by atomic mass is 10.1. The van der Waals surface area contributed by atoms with E-state index in [1.54, 1.807) is 7.11 Å². The Bertz CT molecular complexity index is 482. The molecule has 96 valence electrons. The molecule has 1 heterocycles. The Morgan fingerprint density at radius 3 is 2.67 bits per heavy atom. The average Bonchev–Trinajstić information content (AvgIpc) is 2.92. The highest BCUT2D eigenvalue weighted by Crippen LogP contribution is 2.26. The monoisotopic (exact) mass is 245 g/mol. The summed E-state index contributed by atoms with van der Waals surface area (Å²) in [6.45, 7) is 4.26. The van der Waals surface area contributed by atoms with Gasteiger partial charge in [0.1, 0.15) is 5.75 Å². The fourth-order valence-electron chi connectivity index (χ4n) is 2.08. The minimum atomic E-state index is 0.214. The van der Waals surface area contributed by atoms with Crippen LogP contribution in [0.5, 0.6) is 5.75 Å². The number of nitrogens with one attached hydrogen (secondary N) is 2. The average molecular weight is 245 g/mol. The van der Waals surface area contributed by atoms with Crippen molar-refractivity contribution in [3.8, 4) is 5.75 Å². The first kappa shape index (κ1) is 12.6. The predicted molar refractivity (Wildman–Crippen MR) is 71.5 cm³/mol. The van der Waals surface area contributed by atoms with Crippen LogP contribution in [-0.4, -0.2) is 17.3 Å². The Hall–Kier alpha value is -1.81. The second-order valence-corrected chi connectivity index (χ2v) is 4.38. The van der Waals surface area contributed by atoms with E-state index in [0.717, 1.165) is 16.9 Å². The minimum absolute atomic E-state index is 0.214. The fourth-order valence-corrected chi connectivity index (χ4v) is 2.08. The van der Waals surface area contributed by atoms with E-state index in [4.69, 9.17) is 4.74 Å². The number of aromatic amines is 1. The second-order valence-electron chi connectivity index (χ2n) is 4.38. The number of rotatable bonds is 5. The molecule has 0 spiro atoms. The molecule has 0 saturated heterocycles. The van der Waals surface area contributed by atoms with Gasteiger partial charge in [0.25, 0.3) is 0 Å². The van der Waals surface area contributed by atoms with Crippen molar-refractivity contribution in [2.45, 2.75) is 25.9 Å². The third-order valence-electron chi connectivity index (χ3n) is 3.12. The topological polar surface area (TPSA) is 49.9 Å². The zero-order valence-corrected chi connectivity index (χ0v) is 11.0. The van der Waals surface area contributed by atoms with Gasteiger partial charge in [-0.2, -0.15) is 5.10 Å². The molecule has 0 aliphatic heterocycles. The zero-order chi connectivity index (χ0) is 13.0. The molecule has 0 aliphatic rings. The van der Waals surface area contributed by atoms with Crippen LogP contribution in [0.3, 0.4) is 0 Å². The number of benzene rings is 1. The Morgan fingerprint density at radius 1 is 1.22 bits per heavy atom. The van der Waals surface area contributed by atoms with Crippen LogP contribution in [0.25, 0.3) is 0 Å². The zero-order valence-electron chi connectivity index (χ0n) is 11.0. The number of aromatic nitrogens is 2. The van der Waals surface area contributed by atoms with Crippen molar-refractivity contribution in [2.24, 2.45) is 0 Å². The summed E-state index contributed by atoms with van der Waals surface area (Å²) in [5.74, 6) is 0.914. The summed E-state index contributed by atoms with van der Waals surface area (Å²) in [5, 5.41) is 10.3. The summed E-state index contributed by atoms with van der Waals surface area (Å²) in [4.78, 5) is 0. The van der Waals surface area contributed by atoms with Crippen molar-refractivity contribution in [1.29, 1.82) is 0 Å². The number of H-pyrrole nitrogens is 1. The van der Waals surface area contributed by atoms with Gasteiger partial charge >= 0.3 is 0 Å². The molecule has 0 fully saturated rings. The van der Waals surface area contributed by atoms with Crippen LogP contribution in [0.2, 0.25) is 0 Å². The Kier molecular flexibility index (Phi) is 3.99. The van der Waals surface area contributed by atoms with Crippen LogP contribution in [0.1, 0.15) is 37.1 Å². The molecule has 4 nitrogen and oxygen atoms in total. The van der Waals surface area contributed by atoms with E-state index in [1.165, 1.54) is 0 Å². The van der Waals surface area contributed by atoms with Gasteiger partial charge in [0.2, 0.25) is 0 Å². The number of ether oxygens (including phenoxy) is 1. The Morgan fingerprint density at radius 2 is 2.00 bits per heavy atom. The third-order valence-corrected chi connectivity index (χ3v) is 3.12. The Labute approximate surface area is 107 Å². The first-order valence-corrected chi connectivity index (χ1v) is 6.10. The summed E-state index contributed by atoms with van der Waals surface area (Å²) in [7, 11) is 1.70. The van der Waals surface area contributed by atoms with Crippen LogP contribution in [0, 0.1) is 0 Å².